The summed E-state index contributed by atoms with van der Waals surface area (Å²) < 4.78 is 70.6. The molecule has 2 aromatic heterocycles. The molecule has 1 unspecified atom stereocenters. The molecule has 15 heteroatoms. The third-order valence-corrected chi connectivity index (χ3v) is 7.90. The molecule has 260 valence electrons. The Labute approximate surface area is 274 Å². The number of rotatable bonds is 15. The van der Waals surface area contributed by atoms with Crippen molar-refractivity contribution in [1.29, 1.82) is 0 Å². The van der Waals surface area contributed by atoms with Crippen LogP contribution in [0.2, 0.25) is 0 Å². The number of alkyl halides is 4. The van der Waals surface area contributed by atoms with Crippen molar-refractivity contribution >= 4 is 11.7 Å². The number of aromatic nitrogens is 2. The van der Waals surface area contributed by atoms with Crippen molar-refractivity contribution in [3.8, 4) is 22.8 Å². The summed E-state index contributed by atoms with van der Waals surface area (Å²) in [5.74, 6) is -3.94. The Balaban J connectivity index is 1.50. The standard InChI is InChI=1S/C33H39F4N5O6/c1-18(2)47-28-11-21(24-8-7-23(48-32(34)35)12-25(24)30(44)41-16-33(36,37)17-41)10-27(39-28)40-29(43)26-9-20(14-38-13-19(3)46-4)15-42(31(26)45)22-5-6-22/h7-12,15,18-19,22,30,32,38,44H,5-6,13-14,16-17H2,1-4H3,(H,39,40,43)/t19-,30?/m0/s1. The van der Waals surface area contributed by atoms with Crippen molar-refractivity contribution in [2.24, 2.45) is 0 Å². The number of hydrogen-bond acceptors (Lipinski definition) is 9. The molecule has 3 aromatic rings. The maximum Gasteiger partial charge on any atom is 0.387 e. The molecule has 0 bridgehead atoms. The maximum atomic E-state index is 13.7. The maximum absolute atomic E-state index is 13.7. The predicted octanol–water partition coefficient (Wildman–Crippen LogP) is 4.95. The van der Waals surface area contributed by atoms with Crippen LogP contribution in [0.4, 0.5) is 23.4 Å². The highest BCUT2D eigenvalue weighted by atomic mass is 19.3. The van der Waals surface area contributed by atoms with E-state index in [1.165, 1.54) is 30.3 Å². The minimum atomic E-state index is -3.16. The Bertz CT molecular complexity index is 1670. The molecule has 48 heavy (non-hydrogen) atoms. The Morgan fingerprint density at radius 2 is 1.83 bits per heavy atom. The van der Waals surface area contributed by atoms with Gasteiger partial charge in [-0.25, -0.2) is 8.78 Å². The molecule has 11 nitrogen and oxygen atoms in total. The molecular formula is C33H39F4N5O6. The summed E-state index contributed by atoms with van der Waals surface area (Å²) in [5, 5.41) is 17.0. The molecular weight excluding hydrogens is 638 g/mol. The van der Waals surface area contributed by atoms with Gasteiger partial charge in [-0.3, -0.25) is 14.5 Å². The van der Waals surface area contributed by atoms with Gasteiger partial charge in [0.1, 0.15) is 23.4 Å². The fraction of sp³-hybridized carbons (Fsp3) is 0.485. The van der Waals surface area contributed by atoms with Crippen molar-refractivity contribution < 1.29 is 41.7 Å². The SMILES string of the molecule is CO[C@@H](C)CNCc1cc(C(=O)Nc2cc(-c3ccc(OC(F)F)cc3C(O)N3CC(F)(F)C3)cc(OC(C)C)n2)c(=O)n(C2CC2)c1. The summed E-state index contributed by atoms with van der Waals surface area (Å²) in [4.78, 5) is 32.5. The summed E-state index contributed by atoms with van der Waals surface area (Å²) in [6.07, 6.45) is 1.42. The number of likely N-dealkylation sites (tertiary alicyclic amines) is 1. The summed E-state index contributed by atoms with van der Waals surface area (Å²) >= 11 is 0. The Morgan fingerprint density at radius 3 is 2.46 bits per heavy atom. The first-order valence-corrected chi connectivity index (χ1v) is 15.6. The van der Waals surface area contributed by atoms with E-state index in [0.717, 1.165) is 29.4 Å². The number of ether oxygens (including phenoxy) is 3. The lowest BCUT2D eigenvalue weighted by atomic mass is 9.96. The lowest BCUT2D eigenvalue weighted by Gasteiger charge is -2.42. The Hall–Kier alpha value is -4.05. The average molecular weight is 678 g/mol. The van der Waals surface area contributed by atoms with E-state index in [9.17, 15) is 32.3 Å². The van der Waals surface area contributed by atoms with Gasteiger partial charge in [0.05, 0.1) is 25.3 Å². The van der Waals surface area contributed by atoms with Gasteiger partial charge in [-0.1, -0.05) is 6.07 Å². The summed E-state index contributed by atoms with van der Waals surface area (Å²) in [6.45, 7) is 1.76. The number of methoxy groups -OCH3 is 1. The number of carbonyl (C=O) groups is 1. The number of halogens is 4. The van der Waals surface area contributed by atoms with Crippen LogP contribution in [0, 0.1) is 0 Å². The third-order valence-electron chi connectivity index (χ3n) is 7.90. The molecule has 2 aliphatic rings. The van der Waals surface area contributed by atoms with Gasteiger partial charge in [0.2, 0.25) is 5.88 Å². The number of aliphatic hydroxyl groups is 1. The number of hydrogen-bond donors (Lipinski definition) is 3. The molecule has 1 saturated heterocycles. The summed E-state index contributed by atoms with van der Waals surface area (Å²) in [5.41, 5.74) is 0.773. The van der Waals surface area contributed by atoms with Gasteiger partial charge in [0.15, 0.2) is 0 Å². The van der Waals surface area contributed by atoms with Gasteiger partial charge >= 0.3 is 6.61 Å². The number of benzene rings is 1. The molecule has 2 atom stereocenters. The quantitative estimate of drug-likeness (QED) is 0.192. The Kier molecular flexibility index (Phi) is 10.7. The average Bonchev–Trinajstić information content (AvgIpc) is 3.84. The van der Waals surface area contributed by atoms with Crippen molar-refractivity contribution in [3.05, 3.63) is 69.6 Å². The van der Waals surface area contributed by atoms with Crippen LogP contribution in [0.3, 0.4) is 0 Å². The third kappa shape index (κ3) is 8.69. The molecule has 3 N–H and O–H groups in total. The van der Waals surface area contributed by atoms with Gasteiger partial charge in [0.25, 0.3) is 17.4 Å². The number of carbonyl (C=O) groups excluding carboxylic acids is 1. The zero-order chi connectivity index (χ0) is 34.7. The molecule has 0 spiro atoms. The molecule has 5 rings (SSSR count). The van der Waals surface area contributed by atoms with Crippen LogP contribution in [-0.4, -0.2) is 77.0 Å². The van der Waals surface area contributed by atoms with Crippen molar-refractivity contribution in [3.63, 3.8) is 0 Å². The fourth-order valence-corrected chi connectivity index (χ4v) is 5.37. The fourth-order valence-electron chi connectivity index (χ4n) is 5.37. The predicted molar refractivity (Wildman–Crippen MR) is 169 cm³/mol. The van der Waals surface area contributed by atoms with E-state index in [0.29, 0.717) is 18.7 Å². The van der Waals surface area contributed by atoms with E-state index in [2.05, 4.69) is 20.4 Å². The first kappa shape index (κ1) is 35.3. The zero-order valence-corrected chi connectivity index (χ0v) is 27.0. The van der Waals surface area contributed by atoms with Crippen LogP contribution in [0.5, 0.6) is 11.6 Å². The minimum absolute atomic E-state index is 0.00243. The largest absolute Gasteiger partial charge is 0.475 e. The van der Waals surface area contributed by atoms with E-state index in [-0.39, 0.29) is 52.4 Å². The van der Waals surface area contributed by atoms with E-state index < -0.39 is 43.3 Å². The van der Waals surface area contributed by atoms with Gasteiger partial charge in [-0.15, -0.1) is 0 Å². The van der Waals surface area contributed by atoms with E-state index in [1.807, 2.05) is 6.92 Å². The number of nitrogens with one attached hydrogen (secondary N) is 2. The summed E-state index contributed by atoms with van der Waals surface area (Å²) in [7, 11) is 1.61. The van der Waals surface area contributed by atoms with E-state index >= 15 is 0 Å². The zero-order valence-electron chi connectivity index (χ0n) is 27.0. The van der Waals surface area contributed by atoms with Crippen molar-refractivity contribution in [2.45, 2.75) is 77.2 Å². The van der Waals surface area contributed by atoms with E-state index in [1.54, 1.807) is 31.7 Å². The summed E-state index contributed by atoms with van der Waals surface area (Å²) in [6, 6.07) is 8.27. The number of aliphatic hydroxyl groups excluding tert-OH is 1. The van der Waals surface area contributed by atoms with Crippen LogP contribution in [0.15, 0.2) is 47.4 Å². The molecule has 0 radical (unpaired) electrons. The monoisotopic (exact) mass is 677 g/mol. The number of pyridine rings is 2. The number of anilines is 1. The van der Waals surface area contributed by atoms with Crippen LogP contribution >= 0.6 is 0 Å². The van der Waals surface area contributed by atoms with Gasteiger partial charge < -0.3 is 34.5 Å². The molecule has 3 heterocycles. The second-order valence-corrected chi connectivity index (χ2v) is 12.3. The lowest BCUT2D eigenvalue weighted by molar-refractivity contribution is -0.185. The second kappa shape index (κ2) is 14.6. The normalized spacial score (nSPS) is 17.2. The smallest absolute Gasteiger partial charge is 0.387 e. The molecule has 1 aromatic carbocycles. The van der Waals surface area contributed by atoms with Gasteiger partial charge in [0, 0.05) is 44.1 Å². The molecule has 2 fully saturated rings. The molecule has 1 saturated carbocycles. The topological polar surface area (TPSA) is 127 Å². The van der Waals surface area contributed by atoms with Crippen LogP contribution in [0.1, 0.15) is 67.4 Å². The molecule has 1 amide bonds. The second-order valence-electron chi connectivity index (χ2n) is 12.3. The number of nitrogens with zero attached hydrogens (tertiary/aromatic N) is 3. The highest BCUT2D eigenvalue weighted by Gasteiger charge is 2.47. The molecule has 1 aliphatic carbocycles. The lowest BCUT2D eigenvalue weighted by Crippen LogP contribution is -2.57. The van der Waals surface area contributed by atoms with Gasteiger partial charge in [-0.2, -0.15) is 13.8 Å². The van der Waals surface area contributed by atoms with Crippen LogP contribution in [0.25, 0.3) is 11.1 Å². The van der Waals surface area contributed by atoms with Crippen LogP contribution < -0.4 is 25.7 Å². The minimum Gasteiger partial charge on any atom is -0.475 e. The highest BCUT2D eigenvalue weighted by molar-refractivity contribution is 6.04. The van der Waals surface area contributed by atoms with E-state index in [4.69, 9.17) is 9.47 Å². The Morgan fingerprint density at radius 1 is 1.10 bits per heavy atom. The van der Waals surface area contributed by atoms with Crippen molar-refractivity contribution in [2.75, 3.05) is 32.1 Å². The first-order valence-electron chi connectivity index (χ1n) is 15.6. The number of amides is 1. The first-order chi connectivity index (χ1) is 22.7. The highest BCUT2D eigenvalue weighted by Crippen LogP contribution is 2.40. The van der Waals surface area contributed by atoms with Crippen molar-refractivity contribution in [1.82, 2.24) is 19.8 Å². The molecule has 1 aliphatic heterocycles. The van der Waals surface area contributed by atoms with Gasteiger partial charge in [-0.05, 0) is 74.6 Å². The van der Waals surface area contributed by atoms with Crippen LogP contribution in [-0.2, 0) is 11.3 Å².